The van der Waals surface area contributed by atoms with Crippen LogP contribution in [0, 0.1) is 17.6 Å². The lowest BCUT2D eigenvalue weighted by molar-refractivity contribution is -0.137. The molecule has 0 aliphatic carbocycles. The largest absolute Gasteiger partial charge is 0.463 e. The van der Waals surface area contributed by atoms with Crippen LogP contribution in [0.1, 0.15) is 19.8 Å². The Labute approximate surface area is 137 Å². The lowest BCUT2D eigenvalue weighted by atomic mass is 9.96. The van der Waals surface area contributed by atoms with Crippen molar-refractivity contribution in [2.24, 2.45) is 5.92 Å². The van der Waals surface area contributed by atoms with E-state index in [1.165, 1.54) is 18.2 Å². The number of allylic oxidation sites excluding steroid dienone is 1. The molecule has 3 nitrogen and oxygen atoms in total. The van der Waals surface area contributed by atoms with E-state index >= 15 is 0 Å². The van der Waals surface area contributed by atoms with E-state index in [0.29, 0.717) is 24.2 Å². The molecule has 0 spiro atoms. The molecule has 120 valence electrons. The van der Waals surface area contributed by atoms with Gasteiger partial charge >= 0.3 is 5.97 Å². The second-order valence-electron chi connectivity index (χ2n) is 5.15. The summed E-state index contributed by atoms with van der Waals surface area (Å²) in [7, 11) is 0. The lowest BCUT2D eigenvalue weighted by Crippen LogP contribution is -2.34. The van der Waals surface area contributed by atoms with E-state index in [4.69, 9.17) is 4.74 Å². The third-order valence-electron chi connectivity index (χ3n) is 3.63. The molecule has 0 N–H and O–H groups in total. The average molecular weight is 374 g/mol. The number of rotatable bonds is 4. The van der Waals surface area contributed by atoms with Gasteiger partial charge in [0, 0.05) is 23.6 Å². The van der Waals surface area contributed by atoms with Crippen molar-refractivity contribution in [1.82, 2.24) is 0 Å². The van der Waals surface area contributed by atoms with E-state index in [1.54, 1.807) is 11.8 Å². The molecule has 0 atom stereocenters. The highest BCUT2D eigenvalue weighted by Crippen LogP contribution is 2.30. The van der Waals surface area contributed by atoms with Gasteiger partial charge in [0.2, 0.25) is 0 Å². The van der Waals surface area contributed by atoms with E-state index in [-0.39, 0.29) is 17.6 Å². The number of halogens is 3. The zero-order valence-electron chi connectivity index (χ0n) is 12.3. The smallest absolute Gasteiger partial charge is 0.330 e. The summed E-state index contributed by atoms with van der Waals surface area (Å²) in [4.78, 5) is 13.0. The van der Waals surface area contributed by atoms with Crippen molar-refractivity contribution in [3.63, 3.8) is 0 Å². The van der Waals surface area contributed by atoms with Crippen molar-refractivity contribution in [3.8, 4) is 0 Å². The minimum absolute atomic E-state index is 0.0241. The topological polar surface area (TPSA) is 29.5 Å². The van der Waals surface area contributed by atoms with Crippen molar-refractivity contribution in [2.45, 2.75) is 19.8 Å². The van der Waals surface area contributed by atoms with Gasteiger partial charge in [-0.1, -0.05) is 22.0 Å². The van der Waals surface area contributed by atoms with Gasteiger partial charge < -0.3 is 9.64 Å². The third-order valence-corrected chi connectivity index (χ3v) is 4.09. The van der Waals surface area contributed by atoms with Crippen molar-refractivity contribution < 1.29 is 18.3 Å². The fraction of sp³-hybridized carbons (Fsp3) is 0.438. The SMILES string of the molecule is CCOC(=O)/C=C/C1CCN(c2c(F)cc(Br)cc2F)CC1. The van der Waals surface area contributed by atoms with Crippen molar-refractivity contribution in [1.29, 1.82) is 0 Å². The number of ether oxygens (including phenoxy) is 1. The second kappa shape index (κ2) is 7.72. The number of benzene rings is 1. The summed E-state index contributed by atoms with van der Waals surface area (Å²) in [5.74, 6) is -1.25. The molecule has 0 aromatic heterocycles. The van der Waals surface area contributed by atoms with Crippen molar-refractivity contribution >= 4 is 27.6 Å². The molecule has 1 aliphatic heterocycles. The minimum atomic E-state index is -0.563. The summed E-state index contributed by atoms with van der Waals surface area (Å²) < 4.78 is 33.1. The Morgan fingerprint density at radius 2 is 1.95 bits per heavy atom. The highest BCUT2D eigenvalue weighted by molar-refractivity contribution is 9.10. The van der Waals surface area contributed by atoms with Crippen LogP contribution in [0.5, 0.6) is 0 Å². The van der Waals surface area contributed by atoms with Crippen molar-refractivity contribution in [3.05, 3.63) is 40.4 Å². The van der Waals surface area contributed by atoms with Crippen LogP contribution in [0.2, 0.25) is 0 Å². The summed E-state index contributed by atoms with van der Waals surface area (Å²) in [6.45, 7) is 3.20. The maximum Gasteiger partial charge on any atom is 0.330 e. The molecular weight excluding hydrogens is 356 g/mol. The number of carbonyl (C=O) groups is 1. The molecule has 0 saturated carbocycles. The van der Waals surface area contributed by atoms with Gasteiger partial charge in [0.1, 0.15) is 5.69 Å². The molecule has 22 heavy (non-hydrogen) atoms. The summed E-state index contributed by atoms with van der Waals surface area (Å²) in [6.07, 6.45) is 4.74. The normalized spacial score (nSPS) is 16.3. The van der Waals surface area contributed by atoms with Crippen LogP contribution in [0.25, 0.3) is 0 Å². The first-order valence-corrected chi connectivity index (χ1v) is 8.05. The number of esters is 1. The molecule has 1 heterocycles. The predicted molar refractivity (Wildman–Crippen MR) is 84.8 cm³/mol. The van der Waals surface area contributed by atoms with Crippen LogP contribution < -0.4 is 4.90 Å². The zero-order chi connectivity index (χ0) is 16.1. The summed E-state index contributed by atoms with van der Waals surface area (Å²) in [5, 5.41) is 0. The highest BCUT2D eigenvalue weighted by Gasteiger charge is 2.23. The maximum absolute atomic E-state index is 13.9. The number of piperidine rings is 1. The quantitative estimate of drug-likeness (QED) is 0.588. The Kier molecular flexibility index (Phi) is 5.94. The fourth-order valence-electron chi connectivity index (χ4n) is 2.56. The highest BCUT2D eigenvalue weighted by atomic mass is 79.9. The first kappa shape index (κ1) is 16.9. The third kappa shape index (κ3) is 4.29. The first-order valence-electron chi connectivity index (χ1n) is 7.25. The minimum Gasteiger partial charge on any atom is -0.463 e. The molecule has 1 aliphatic rings. The van der Waals surface area contributed by atoms with Gasteiger partial charge in [0.15, 0.2) is 11.6 Å². The van der Waals surface area contributed by atoms with Crippen molar-refractivity contribution in [2.75, 3.05) is 24.6 Å². The van der Waals surface area contributed by atoms with Gasteiger partial charge in [0.25, 0.3) is 0 Å². The molecule has 1 aromatic carbocycles. The van der Waals surface area contributed by atoms with Gasteiger partial charge in [0.05, 0.1) is 6.61 Å². The Morgan fingerprint density at radius 1 is 1.36 bits per heavy atom. The first-order chi connectivity index (χ1) is 10.5. The van der Waals surface area contributed by atoms with Crippen LogP contribution in [-0.4, -0.2) is 25.7 Å². The molecule has 0 radical (unpaired) electrons. The molecule has 0 amide bonds. The Hall–Kier alpha value is -1.43. The standard InChI is InChI=1S/C16H18BrF2NO2/c1-2-22-15(21)4-3-11-5-7-20(8-6-11)16-13(18)9-12(17)10-14(16)19/h3-4,9-11H,2,5-8H2,1H3/b4-3+. The summed E-state index contributed by atoms with van der Waals surface area (Å²) >= 11 is 3.08. The monoisotopic (exact) mass is 373 g/mol. The molecular formula is C16H18BrF2NO2. The number of carbonyl (C=O) groups excluding carboxylic acids is 1. The molecule has 1 fully saturated rings. The maximum atomic E-state index is 13.9. The van der Waals surface area contributed by atoms with E-state index in [0.717, 1.165) is 12.8 Å². The fourth-order valence-corrected chi connectivity index (χ4v) is 2.96. The van der Waals surface area contributed by atoms with E-state index in [9.17, 15) is 13.6 Å². The van der Waals surface area contributed by atoms with Gasteiger partial charge in [-0.05, 0) is 37.8 Å². The van der Waals surface area contributed by atoms with Crippen LogP contribution in [0.4, 0.5) is 14.5 Å². The Balaban J connectivity index is 1.97. The molecule has 6 heteroatoms. The molecule has 2 rings (SSSR count). The molecule has 1 aromatic rings. The van der Waals surface area contributed by atoms with Gasteiger partial charge in [-0.25, -0.2) is 13.6 Å². The van der Waals surface area contributed by atoms with Crippen LogP contribution in [-0.2, 0) is 9.53 Å². The van der Waals surface area contributed by atoms with E-state index in [2.05, 4.69) is 15.9 Å². The van der Waals surface area contributed by atoms with Crippen LogP contribution in [0.15, 0.2) is 28.8 Å². The Bertz CT molecular complexity index is 546. The molecule has 1 saturated heterocycles. The van der Waals surface area contributed by atoms with E-state index in [1.807, 2.05) is 6.08 Å². The van der Waals surface area contributed by atoms with Gasteiger partial charge in [-0.3, -0.25) is 0 Å². The predicted octanol–water partition coefficient (Wildman–Crippen LogP) is 4.06. The van der Waals surface area contributed by atoms with E-state index < -0.39 is 11.6 Å². The number of nitrogens with zero attached hydrogens (tertiary/aromatic N) is 1. The second-order valence-corrected chi connectivity index (χ2v) is 6.07. The number of hydrogen-bond donors (Lipinski definition) is 0. The summed E-state index contributed by atoms with van der Waals surface area (Å²) in [5.41, 5.74) is 0.0241. The molecule has 0 bridgehead atoms. The average Bonchev–Trinajstić information content (AvgIpc) is 2.45. The van der Waals surface area contributed by atoms with Gasteiger partial charge in [-0.15, -0.1) is 0 Å². The van der Waals surface area contributed by atoms with Crippen LogP contribution >= 0.6 is 15.9 Å². The van der Waals surface area contributed by atoms with Gasteiger partial charge in [-0.2, -0.15) is 0 Å². The summed E-state index contributed by atoms with van der Waals surface area (Å²) in [6, 6.07) is 2.54. The Morgan fingerprint density at radius 3 is 2.50 bits per heavy atom. The zero-order valence-corrected chi connectivity index (χ0v) is 13.9. The number of hydrogen-bond acceptors (Lipinski definition) is 3. The lowest BCUT2D eigenvalue weighted by Gasteiger charge is -2.32. The molecule has 0 unspecified atom stereocenters. The van der Waals surface area contributed by atoms with Crippen LogP contribution in [0.3, 0.4) is 0 Å². The number of anilines is 1.